The molecule has 0 saturated carbocycles. The normalized spacial score (nSPS) is 17.9. The Labute approximate surface area is 149 Å². The van der Waals surface area contributed by atoms with Crippen molar-refractivity contribution in [3.05, 3.63) is 66.2 Å². The molecular formula is C20H24N2OS. The molecule has 0 aliphatic carbocycles. The topological polar surface area (TPSA) is 24.5 Å². The number of nitrogens with zero attached hydrogens (tertiary/aromatic N) is 1. The van der Waals surface area contributed by atoms with E-state index in [-0.39, 0.29) is 12.0 Å². The van der Waals surface area contributed by atoms with Gasteiger partial charge in [0.15, 0.2) is 0 Å². The van der Waals surface area contributed by atoms with Crippen molar-refractivity contribution in [1.82, 2.24) is 4.90 Å². The second-order valence-electron chi connectivity index (χ2n) is 6.15. The molecule has 2 aromatic rings. The molecule has 1 aliphatic rings. The number of benzene rings is 2. The third-order valence-corrected chi connectivity index (χ3v) is 4.98. The number of morpholine rings is 1. The Bertz CT molecular complexity index is 641. The standard InChI is InChI=1S/C20H24N2OS/c1-16(20(24)21-18-10-6-3-7-11-18)19(17-8-4-2-5-9-17)22-12-14-23-15-13-22/h2-11,16,19H,12-15H2,1H3,(H,21,24)/t16-,19-/m0/s1. The Morgan fingerprint density at radius 2 is 1.58 bits per heavy atom. The van der Waals surface area contributed by atoms with Crippen molar-refractivity contribution < 1.29 is 4.74 Å². The number of nitrogens with one attached hydrogen (secondary N) is 1. The number of anilines is 1. The van der Waals surface area contributed by atoms with Gasteiger partial charge >= 0.3 is 0 Å². The first-order valence-corrected chi connectivity index (χ1v) is 8.89. The molecule has 0 bridgehead atoms. The summed E-state index contributed by atoms with van der Waals surface area (Å²) in [4.78, 5) is 3.36. The first-order valence-electron chi connectivity index (χ1n) is 8.48. The van der Waals surface area contributed by atoms with Crippen LogP contribution in [0.2, 0.25) is 0 Å². The highest BCUT2D eigenvalue weighted by atomic mass is 32.1. The lowest BCUT2D eigenvalue weighted by atomic mass is 9.92. The number of hydrogen-bond donors (Lipinski definition) is 1. The minimum atomic E-state index is 0.209. The van der Waals surface area contributed by atoms with Crippen LogP contribution in [0.4, 0.5) is 5.69 Å². The van der Waals surface area contributed by atoms with Crippen molar-refractivity contribution in [1.29, 1.82) is 0 Å². The molecule has 1 heterocycles. The lowest BCUT2D eigenvalue weighted by Crippen LogP contribution is -2.43. The van der Waals surface area contributed by atoms with Crippen LogP contribution in [0, 0.1) is 5.92 Å². The zero-order valence-corrected chi connectivity index (χ0v) is 14.8. The highest BCUT2D eigenvalue weighted by Gasteiger charge is 2.29. The van der Waals surface area contributed by atoms with Gasteiger partial charge in [0.05, 0.1) is 18.2 Å². The van der Waals surface area contributed by atoms with E-state index in [1.54, 1.807) is 0 Å². The zero-order valence-electron chi connectivity index (χ0n) is 14.0. The third-order valence-electron chi connectivity index (χ3n) is 4.51. The fourth-order valence-corrected chi connectivity index (χ4v) is 3.49. The quantitative estimate of drug-likeness (QED) is 0.827. The molecule has 1 aliphatic heterocycles. The van der Waals surface area contributed by atoms with Gasteiger partial charge in [-0.25, -0.2) is 0 Å². The van der Waals surface area contributed by atoms with Crippen LogP contribution >= 0.6 is 12.2 Å². The molecule has 0 amide bonds. The second kappa shape index (κ2) is 8.38. The van der Waals surface area contributed by atoms with Gasteiger partial charge in [-0.05, 0) is 17.7 Å². The Hall–Kier alpha value is -1.75. The predicted molar refractivity (Wildman–Crippen MR) is 103 cm³/mol. The van der Waals surface area contributed by atoms with Crippen LogP contribution in [0.25, 0.3) is 0 Å². The van der Waals surface area contributed by atoms with Crippen molar-refractivity contribution in [2.45, 2.75) is 13.0 Å². The molecule has 2 atom stereocenters. The monoisotopic (exact) mass is 340 g/mol. The van der Waals surface area contributed by atoms with Gasteiger partial charge in [-0.1, -0.05) is 67.7 Å². The van der Waals surface area contributed by atoms with Crippen LogP contribution in [0.15, 0.2) is 60.7 Å². The minimum absolute atomic E-state index is 0.209. The van der Waals surface area contributed by atoms with Crippen LogP contribution in [0.3, 0.4) is 0 Å². The molecule has 1 saturated heterocycles. The van der Waals surface area contributed by atoms with E-state index in [4.69, 9.17) is 17.0 Å². The molecule has 3 nitrogen and oxygen atoms in total. The number of hydrogen-bond acceptors (Lipinski definition) is 3. The van der Waals surface area contributed by atoms with E-state index in [1.165, 1.54) is 5.56 Å². The molecule has 1 fully saturated rings. The SMILES string of the molecule is C[C@H](C(=S)Nc1ccccc1)[C@@H](c1ccccc1)N1CCOCC1. The fourth-order valence-electron chi connectivity index (χ4n) is 3.24. The summed E-state index contributed by atoms with van der Waals surface area (Å²) < 4.78 is 5.53. The van der Waals surface area contributed by atoms with Gasteiger partial charge < -0.3 is 10.1 Å². The van der Waals surface area contributed by atoms with Crippen molar-refractivity contribution in [3.8, 4) is 0 Å². The Kier molecular flexibility index (Phi) is 5.96. The van der Waals surface area contributed by atoms with Gasteiger partial charge in [0.25, 0.3) is 0 Å². The van der Waals surface area contributed by atoms with Gasteiger partial charge in [-0.2, -0.15) is 0 Å². The zero-order chi connectivity index (χ0) is 16.8. The van der Waals surface area contributed by atoms with Crippen LogP contribution in [0.5, 0.6) is 0 Å². The van der Waals surface area contributed by atoms with Crippen LogP contribution in [-0.4, -0.2) is 36.2 Å². The van der Waals surface area contributed by atoms with E-state index in [2.05, 4.69) is 47.5 Å². The maximum absolute atomic E-state index is 5.74. The number of ether oxygens (including phenoxy) is 1. The maximum Gasteiger partial charge on any atom is 0.0845 e. The third kappa shape index (κ3) is 4.20. The van der Waals surface area contributed by atoms with E-state index in [0.29, 0.717) is 0 Å². The average molecular weight is 340 g/mol. The van der Waals surface area contributed by atoms with Crippen LogP contribution in [0.1, 0.15) is 18.5 Å². The highest BCUT2D eigenvalue weighted by molar-refractivity contribution is 7.80. The van der Waals surface area contributed by atoms with Gasteiger partial charge in [-0.15, -0.1) is 0 Å². The van der Waals surface area contributed by atoms with Gasteiger partial charge in [0.1, 0.15) is 0 Å². The van der Waals surface area contributed by atoms with E-state index < -0.39 is 0 Å². The van der Waals surface area contributed by atoms with Crippen molar-refractivity contribution >= 4 is 22.9 Å². The summed E-state index contributed by atoms with van der Waals surface area (Å²) >= 11 is 5.74. The summed E-state index contributed by atoms with van der Waals surface area (Å²) in [6.07, 6.45) is 0. The first-order chi connectivity index (χ1) is 11.8. The molecule has 0 aromatic heterocycles. The van der Waals surface area contributed by atoms with E-state index in [1.807, 2.05) is 30.3 Å². The van der Waals surface area contributed by atoms with Gasteiger partial charge in [0.2, 0.25) is 0 Å². The summed E-state index contributed by atoms with van der Waals surface area (Å²) in [6, 6.07) is 21.1. The fraction of sp³-hybridized carbons (Fsp3) is 0.350. The lowest BCUT2D eigenvalue weighted by Gasteiger charge is -2.38. The highest BCUT2D eigenvalue weighted by Crippen LogP contribution is 2.31. The molecule has 2 aromatic carbocycles. The molecule has 4 heteroatoms. The van der Waals surface area contributed by atoms with Crippen molar-refractivity contribution in [3.63, 3.8) is 0 Å². The smallest absolute Gasteiger partial charge is 0.0845 e. The lowest BCUT2D eigenvalue weighted by molar-refractivity contribution is 0.0101. The summed E-state index contributed by atoms with van der Waals surface area (Å²) in [6.45, 7) is 5.67. The molecular weight excluding hydrogens is 316 g/mol. The average Bonchev–Trinajstić information content (AvgIpc) is 2.64. The number of thiocarbonyl (C=S) groups is 1. The van der Waals surface area contributed by atoms with E-state index >= 15 is 0 Å². The van der Waals surface area contributed by atoms with E-state index in [9.17, 15) is 0 Å². The van der Waals surface area contributed by atoms with Crippen LogP contribution in [-0.2, 0) is 4.74 Å². The van der Waals surface area contributed by atoms with Crippen LogP contribution < -0.4 is 5.32 Å². The Morgan fingerprint density at radius 1 is 1.00 bits per heavy atom. The Morgan fingerprint density at radius 3 is 2.21 bits per heavy atom. The summed E-state index contributed by atoms with van der Waals surface area (Å²) in [5, 5.41) is 3.40. The maximum atomic E-state index is 5.74. The molecule has 0 spiro atoms. The summed E-state index contributed by atoms with van der Waals surface area (Å²) in [5.41, 5.74) is 2.35. The molecule has 1 N–H and O–H groups in total. The van der Waals surface area contributed by atoms with Crippen molar-refractivity contribution in [2.24, 2.45) is 5.92 Å². The molecule has 3 rings (SSSR count). The molecule has 0 radical (unpaired) electrons. The van der Waals surface area contributed by atoms with Crippen molar-refractivity contribution in [2.75, 3.05) is 31.6 Å². The largest absolute Gasteiger partial charge is 0.379 e. The molecule has 24 heavy (non-hydrogen) atoms. The number of rotatable bonds is 5. The summed E-state index contributed by atoms with van der Waals surface area (Å²) in [7, 11) is 0. The predicted octanol–water partition coefficient (Wildman–Crippen LogP) is 4.14. The molecule has 0 unspecified atom stereocenters. The summed E-state index contributed by atoms with van der Waals surface area (Å²) in [5.74, 6) is 0.209. The van der Waals surface area contributed by atoms with Gasteiger partial charge in [-0.3, -0.25) is 4.90 Å². The molecule has 126 valence electrons. The van der Waals surface area contributed by atoms with Gasteiger partial charge in [0, 0.05) is 30.7 Å². The van der Waals surface area contributed by atoms with E-state index in [0.717, 1.165) is 37.0 Å². The Balaban J connectivity index is 1.80. The number of para-hydroxylation sites is 1. The minimum Gasteiger partial charge on any atom is -0.379 e. The second-order valence-corrected chi connectivity index (χ2v) is 6.59. The first kappa shape index (κ1) is 17.1.